The summed E-state index contributed by atoms with van der Waals surface area (Å²) in [7, 11) is 1.36. The van der Waals surface area contributed by atoms with Crippen molar-refractivity contribution in [1.29, 1.82) is 0 Å². The SMILES string of the molecule is CCCCCC(O)c1ccc(N2C(=O)CCC2COCc2ccc(C(=O)OC)s2)cc1. The van der Waals surface area contributed by atoms with Crippen molar-refractivity contribution in [2.24, 2.45) is 0 Å². The molecule has 2 heterocycles. The van der Waals surface area contributed by atoms with E-state index in [-0.39, 0.29) is 17.9 Å². The van der Waals surface area contributed by atoms with Crippen molar-refractivity contribution in [3.63, 3.8) is 0 Å². The number of thiophene rings is 1. The third kappa shape index (κ3) is 6.15. The van der Waals surface area contributed by atoms with Crippen molar-refractivity contribution in [3.8, 4) is 0 Å². The highest BCUT2D eigenvalue weighted by Crippen LogP contribution is 2.29. The van der Waals surface area contributed by atoms with E-state index in [9.17, 15) is 14.7 Å². The number of carbonyl (C=O) groups excluding carboxylic acids is 2. The summed E-state index contributed by atoms with van der Waals surface area (Å²) >= 11 is 1.35. The van der Waals surface area contributed by atoms with Gasteiger partial charge in [-0.25, -0.2) is 4.79 Å². The number of hydrogen-bond donors (Lipinski definition) is 1. The van der Waals surface area contributed by atoms with Gasteiger partial charge in [-0.2, -0.15) is 0 Å². The molecule has 1 aromatic carbocycles. The number of unbranched alkanes of at least 4 members (excludes halogenated alkanes) is 2. The highest BCUT2D eigenvalue weighted by molar-refractivity contribution is 7.13. The van der Waals surface area contributed by atoms with Crippen molar-refractivity contribution in [1.82, 2.24) is 0 Å². The highest BCUT2D eigenvalue weighted by Gasteiger charge is 2.32. The van der Waals surface area contributed by atoms with Gasteiger partial charge in [0.2, 0.25) is 5.91 Å². The number of anilines is 1. The molecule has 2 aromatic rings. The van der Waals surface area contributed by atoms with Gasteiger partial charge in [0, 0.05) is 17.0 Å². The molecule has 1 saturated heterocycles. The van der Waals surface area contributed by atoms with E-state index in [1.165, 1.54) is 18.4 Å². The van der Waals surface area contributed by atoms with Gasteiger partial charge in [-0.3, -0.25) is 4.79 Å². The standard InChI is InChI=1S/C24H31NO5S/c1-3-4-5-6-21(26)17-7-9-18(10-8-17)25-19(11-14-23(25)27)15-30-16-20-12-13-22(31-20)24(28)29-2/h7-10,12-13,19,21,26H,3-6,11,14-16H2,1-2H3. The van der Waals surface area contributed by atoms with Crippen LogP contribution in [0.3, 0.4) is 0 Å². The minimum Gasteiger partial charge on any atom is -0.465 e. The van der Waals surface area contributed by atoms with E-state index in [4.69, 9.17) is 9.47 Å². The summed E-state index contributed by atoms with van der Waals surface area (Å²) in [4.78, 5) is 27.4. The Hall–Kier alpha value is -2.22. The molecule has 1 N–H and O–H groups in total. The van der Waals surface area contributed by atoms with Gasteiger partial charge in [-0.1, -0.05) is 38.3 Å². The second kappa shape index (κ2) is 11.4. The average molecular weight is 446 g/mol. The number of aliphatic hydroxyl groups is 1. The molecule has 3 rings (SSSR count). The summed E-state index contributed by atoms with van der Waals surface area (Å²) in [6, 6.07) is 11.2. The lowest BCUT2D eigenvalue weighted by molar-refractivity contribution is -0.117. The summed E-state index contributed by atoms with van der Waals surface area (Å²) in [6.45, 7) is 2.97. The minimum atomic E-state index is -0.463. The van der Waals surface area contributed by atoms with Crippen LogP contribution in [0.1, 0.15) is 71.7 Å². The smallest absolute Gasteiger partial charge is 0.348 e. The van der Waals surface area contributed by atoms with E-state index in [0.717, 1.165) is 48.2 Å². The lowest BCUT2D eigenvalue weighted by Gasteiger charge is -2.25. The maximum Gasteiger partial charge on any atom is 0.348 e. The Kier molecular flexibility index (Phi) is 8.63. The van der Waals surface area contributed by atoms with E-state index in [0.29, 0.717) is 24.5 Å². The van der Waals surface area contributed by atoms with Crippen LogP contribution in [0.15, 0.2) is 36.4 Å². The molecule has 7 heteroatoms. The van der Waals surface area contributed by atoms with Crippen LogP contribution in [0.5, 0.6) is 0 Å². The molecule has 1 aliphatic heterocycles. The van der Waals surface area contributed by atoms with Crippen molar-refractivity contribution in [2.75, 3.05) is 18.6 Å². The maximum atomic E-state index is 12.5. The molecule has 1 amide bonds. The number of esters is 1. The number of hydrogen-bond acceptors (Lipinski definition) is 6. The lowest BCUT2D eigenvalue weighted by atomic mass is 10.0. The average Bonchev–Trinajstić information content (AvgIpc) is 3.40. The van der Waals surface area contributed by atoms with E-state index >= 15 is 0 Å². The first-order valence-corrected chi connectivity index (χ1v) is 11.7. The molecule has 168 valence electrons. The van der Waals surface area contributed by atoms with Gasteiger partial charge < -0.3 is 19.5 Å². The molecule has 0 aliphatic carbocycles. The number of carbonyl (C=O) groups is 2. The van der Waals surface area contributed by atoms with Crippen LogP contribution in [-0.2, 0) is 20.9 Å². The molecule has 31 heavy (non-hydrogen) atoms. The number of nitrogens with zero attached hydrogens (tertiary/aromatic N) is 1. The number of benzene rings is 1. The first-order valence-electron chi connectivity index (χ1n) is 10.9. The second-order valence-electron chi connectivity index (χ2n) is 7.83. The van der Waals surface area contributed by atoms with E-state index in [1.54, 1.807) is 6.07 Å². The van der Waals surface area contributed by atoms with Crippen molar-refractivity contribution in [2.45, 2.75) is 64.2 Å². The van der Waals surface area contributed by atoms with Gasteiger partial charge in [0.15, 0.2) is 0 Å². The quantitative estimate of drug-likeness (QED) is 0.395. The van der Waals surface area contributed by atoms with Gasteiger partial charge in [-0.05, 0) is 42.7 Å². The molecule has 0 bridgehead atoms. The Bertz CT molecular complexity index is 863. The Morgan fingerprint density at radius 2 is 2.00 bits per heavy atom. The summed E-state index contributed by atoms with van der Waals surface area (Å²) < 4.78 is 10.6. The summed E-state index contributed by atoms with van der Waals surface area (Å²) in [5, 5.41) is 10.4. The maximum absolute atomic E-state index is 12.5. The van der Waals surface area contributed by atoms with Crippen molar-refractivity contribution < 1.29 is 24.2 Å². The molecular formula is C24H31NO5S. The summed E-state index contributed by atoms with van der Waals surface area (Å²) in [5.74, 6) is -0.253. The summed E-state index contributed by atoms with van der Waals surface area (Å²) in [5.41, 5.74) is 1.73. The Morgan fingerprint density at radius 3 is 2.71 bits per heavy atom. The predicted molar refractivity (Wildman–Crippen MR) is 121 cm³/mol. The third-order valence-electron chi connectivity index (χ3n) is 5.57. The van der Waals surface area contributed by atoms with Crippen LogP contribution in [0.25, 0.3) is 0 Å². The van der Waals surface area contributed by atoms with Crippen LogP contribution in [0.2, 0.25) is 0 Å². The van der Waals surface area contributed by atoms with Gasteiger partial charge in [0.1, 0.15) is 4.88 Å². The Labute approximate surface area is 187 Å². The predicted octanol–water partition coefficient (Wildman–Crippen LogP) is 4.86. The fourth-order valence-corrected chi connectivity index (χ4v) is 4.69. The molecular weight excluding hydrogens is 414 g/mol. The molecule has 1 aromatic heterocycles. The first-order chi connectivity index (χ1) is 15.0. The second-order valence-corrected chi connectivity index (χ2v) is 9.00. The fourth-order valence-electron chi connectivity index (χ4n) is 3.83. The van der Waals surface area contributed by atoms with Crippen LogP contribution in [-0.4, -0.2) is 36.7 Å². The largest absolute Gasteiger partial charge is 0.465 e. The lowest BCUT2D eigenvalue weighted by Crippen LogP contribution is -2.36. The van der Waals surface area contributed by atoms with Crippen LogP contribution in [0.4, 0.5) is 5.69 Å². The van der Waals surface area contributed by atoms with E-state index < -0.39 is 6.10 Å². The summed E-state index contributed by atoms with van der Waals surface area (Å²) in [6.07, 6.45) is 4.80. The molecule has 2 atom stereocenters. The van der Waals surface area contributed by atoms with Crippen molar-refractivity contribution >= 4 is 28.9 Å². The number of amides is 1. The van der Waals surface area contributed by atoms with Gasteiger partial charge in [0.05, 0.1) is 32.5 Å². The number of aliphatic hydroxyl groups excluding tert-OH is 1. The Balaban J connectivity index is 1.55. The molecule has 1 aliphatic rings. The zero-order valence-corrected chi connectivity index (χ0v) is 19.0. The number of rotatable bonds is 11. The van der Waals surface area contributed by atoms with Crippen LogP contribution in [0, 0.1) is 0 Å². The molecule has 2 unspecified atom stereocenters. The molecule has 6 nitrogen and oxygen atoms in total. The minimum absolute atomic E-state index is 0.0205. The fraction of sp³-hybridized carbons (Fsp3) is 0.500. The topological polar surface area (TPSA) is 76.1 Å². The third-order valence-corrected chi connectivity index (χ3v) is 6.60. The molecule has 1 fully saturated rings. The Morgan fingerprint density at radius 1 is 1.23 bits per heavy atom. The normalized spacial score (nSPS) is 17.2. The number of methoxy groups -OCH3 is 1. The molecule has 0 spiro atoms. The highest BCUT2D eigenvalue weighted by atomic mass is 32.1. The molecule has 0 saturated carbocycles. The monoisotopic (exact) mass is 445 g/mol. The van der Waals surface area contributed by atoms with Gasteiger partial charge >= 0.3 is 5.97 Å². The van der Waals surface area contributed by atoms with Crippen molar-refractivity contribution in [3.05, 3.63) is 51.7 Å². The zero-order chi connectivity index (χ0) is 22.2. The number of ether oxygens (including phenoxy) is 2. The van der Waals surface area contributed by atoms with Crippen LogP contribution < -0.4 is 4.90 Å². The van der Waals surface area contributed by atoms with Gasteiger partial charge in [-0.15, -0.1) is 11.3 Å². The van der Waals surface area contributed by atoms with E-state index in [2.05, 4.69) is 6.92 Å². The zero-order valence-electron chi connectivity index (χ0n) is 18.2. The van der Waals surface area contributed by atoms with Gasteiger partial charge in [0.25, 0.3) is 0 Å². The van der Waals surface area contributed by atoms with Crippen LogP contribution >= 0.6 is 11.3 Å². The first kappa shape index (κ1) is 23.4. The molecule has 0 radical (unpaired) electrons. The van der Waals surface area contributed by atoms with E-state index in [1.807, 2.05) is 35.2 Å².